The lowest BCUT2D eigenvalue weighted by molar-refractivity contribution is 0.565. The third-order valence-electron chi connectivity index (χ3n) is 5.45. The van der Waals surface area contributed by atoms with E-state index in [1.165, 1.54) is 5.56 Å². The molecule has 1 atom stereocenters. The number of nitrogens with one attached hydrogen (secondary N) is 2. The maximum Gasteiger partial charge on any atom is 0.288 e. The molecule has 0 bridgehead atoms. The smallest absolute Gasteiger partial charge is 0.288 e. The molecule has 154 valence electrons. The van der Waals surface area contributed by atoms with Gasteiger partial charge in [-0.2, -0.15) is 9.78 Å². The highest BCUT2D eigenvalue weighted by molar-refractivity contribution is 5.75. The van der Waals surface area contributed by atoms with Crippen molar-refractivity contribution in [1.29, 1.82) is 0 Å². The molecule has 3 heterocycles. The van der Waals surface area contributed by atoms with Gasteiger partial charge in [0.15, 0.2) is 0 Å². The summed E-state index contributed by atoms with van der Waals surface area (Å²) in [4.78, 5) is 12.7. The number of aromatic amines is 1. The molecule has 0 aliphatic carbocycles. The molecule has 5 rings (SSSR count). The molecule has 0 spiro atoms. The fourth-order valence-corrected chi connectivity index (χ4v) is 3.80. The maximum atomic E-state index is 12.7. The van der Waals surface area contributed by atoms with Crippen LogP contribution < -0.4 is 10.9 Å². The van der Waals surface area contributed by atoms with E-state index < -0.39 is 0 Å². The average molecular weight is 411 g/mol. The SMILES string of the molecule is CC(C)c1ccc([C@@H]2c3c(/C=C/c4ccccc4)n[nH]c(=O)c3Nc3nnnn32)cc1. The first-order valence-electron chi connectivity index (χ1n) is 10.1. The fraction of sp³-hybridized carbons (Fsp3) is 0.174. The molecule has 4 aromatic rings. The number of hydrogen-bond donors (Lipinski definition) is 2. The van der Waals surface area contributed by atoms with Crippen LogP contribution in [0.25, 0.3) is 12.2 Å². The van der Waals surface area contributed by atoms with Gasteiger partial charge >= 0.3 is 0 Å². The molecule has 0 fully saturated rings. The predicted molar refractivity (Wildman–Crippen MR) is 119 cm³/mol. The predicted octanol–water partition coefficient (Wildman–Crippen LogP) is 3.74. The molecule has 31 heavy (non-hydrogen) atoms. The molecular weight excluding hydrogens is 390 g/mol. The molecule has 1 aliphatic rings. The van der Waals surface area contributed by atoms with Gasteiger partial charge in [-0.05, 0) is 39.1 Å². The van der Waals surface area contributed by atoms with E-state index in [2.05, 4.69) is 69.2 Å². The number of rotatable bonds is 4. The van der Waals surface area contributed by atoms with Crippen LogP contribution >= 0.6 is 0 Å². The Labute approximate surface area is 178 Å². The zero-order valence-corrected chi connectivity index (χ0v) is 17.1. The summed E-state index contributed by atoms with van der Waals surface area (Å²) in [5.74, 6) is 0.840. The molecule has 2 N–H and O–H groups in total. The van der Waals surface area contributed by atoms with Crippen molar-refractivity contribution in [3.05, 3.63) is 92.9 Å². The summed E-state index contributed by atoms with van der Waals surface area (Å²) in [5, 5.41) is 22.0. The molecule has 1 aliphatic heterocycles. The van der Waals surface area contributed by atoms with Gasteiger partial charge in [0, 0.05) is 5.56 Å². The first kappa shape index (κ1) is 18.9. The minimum Gasteiger partial charge on any atom is -0.318 e. The van der Waals surface area contributed by atoms with Gasteiger partial charge in [-0.25, -0.2) is 5.10 Å². The Kier molecular flexibility index (Phi) is 4.66. The second-order valence-corrected chi connectivity index (χ2v) is 7.77. The van der Waals surface area contributed by atoms with Crippen LogP contribution in [0.5, 0.6) is 0 Å². The molecule has 8 heteroatoms. The summed E-state index contributed by atoms with van der Waals surface area (Å²) < 4.78 is 1.69. The van der Waals surface area contributed by atoms with Gasteiger partial charge in [0.2, 0.25) is 5.95 Å². The molecule has 0 radical (unpaired) electrons. The largest absolute Gasteiger partial charge is 0.318 e. The van der Waals surface area contributed by atoms with E-state index >= 15 is 0 Å². The Balaban J connectivity index is 1.68. The van der Waals surface area contributed by atoms with Crippen LogP contribution in [0.1, 0.15) is 53.8 Å². The van der Waals surface area contributed by atoms with Crippen molar-refractivity contribution >= 4 is 23.8 Å². The van der Waals surface area contributed by atoms with Gasteiger partial charge in [-0.15, -0.1) is 0 Å². The molecule has 8 nitrogen and oxygen atoms in total. The van der Waals surface area contributed by atoms with Gasteiger partial charge < -0.3 is 5.32 Å². The van der Waals surface area contributed by atoms with Crippen LogP contribution in [-0.2, 0) is 0 Å². The monoisotopic (exact) mass is 411 g/mol. The second-order valence-electron chi connectivity index (χ2n) is 7.77. The third-order valence-corrected chi connectivity index (χ3v) is 5.45. The van der Waals surface area contributed by atoms with Crippen molar-refractivity contribution in [2.24, 2.45) is 0 Å². The average Bonchev–Trinajstić information content (AvgIpc) is 3.27. The van der Waals surface area contributed by atoms with E-state index in [-0.39, 0.29) is 11.6 Å². The zero-order valence-electron chi connectivity index (χ0n) is 17.1. The summed E-state index contributed by atoms with van der Waals surface area (Å²) in [5.41, 5.74) is 4.71. The van der Waals surface area contributed by atoms with Crippen molar-refractivity contribution in [3.8, 4) is 0 Å². The van der Waals surface area contributed by atoms with Crippen LogP contribution in [0, 0.1) is 0 Å². The number of hydrogen-bond acceptors (Lipinski definition) is 6. The first-order chi connectivity index (χ1) is 15.1. The summed E-state index contributed by atoms with van der Waals surface area (Å²) in [6.07, 6.45) is 3.87. The van der Waals surface area contributed by atoms with Crippen molar-refractivity contribution in [2.45, 2.75) is 25.8 Å². The molecule has 0 amide bonds. The number of anilines is 2. The van der Waals surface area contributed by atoms with Gasteiger partial charge in [0.05, 0.1) is 5.69 Å². The Bertz CT molecular complexity index is 1300. The van der Waals surface area contributed by atoms with Crippen LogP contribution in [0.3, 0.4) is 0 Å². The van der Waals surface area contributed by atoms with Crippen LogP contribution in [0.4, 0.5) is 11.6 Å². The van der Waals surface area contributed by atoms with E-state index in [4.69, 9.17) is 0 Å². The molecule has 0 saturated carbocycles. The molecule has 2 aromatic carbocycles. The standard InChI is InChI=1S/C23H21N7O/c1-14(2)16-9-11-17(12-10-16)21-19-18(13-8-15-6-4-3-5-7-15)25-26-22(31)20(19)24-23-27-28-29-30(21)23/h3-14,21H,1-2H3,(H,26,31)(H,24,27,29)/b13-8+/t21-/m1/s1. The third kappa shape index (κ3) is 3.42. The topological polar surface area (TPSA) is 101 Å². The normalized spacial score (nSPS) is 15.0. The maximum absolute atomic E-state index is 12.7. The number of nitrogens with zero attached hydrogens (tertiary/aromatic N) is 5. The Hall–Kier alpha value is -4.07. The number of benzene rings is 2. The van der Waals surface area contributed by atoms with Gasteiger partial charge in [-0.3, -0.25) is 4.79 Å². The Morgan fingerprint density at radius 2 is 1.81 bits per heavy atom. The van der Waals surface area contributed by atoms with E-state index in [9.17, 15) is 4.79 Å². The quantitative estimate of drug-likeness (QED) is 0.467. The molecule has 2 aromatic heterocycles. The summed E-state index contributed by atoms with van der Waals surface area (Å²) in [6.45, 7) is 4.31. The van der Waals surface area contributed by atoms with Crippen molar-refractivity contribution in [2.75, 3.05) is 5.32 Å². The van der Waals surface area contributed by atoms with Crippen LogP contribution in [-0.4, -0.2) is 30.4 Å². The van der Waals surface area contributed by atoms with E-state index in [0.29, 0.717) is 23.2 Å². The highest BCUT2D eigenvalue weighted by Crippen LogP contribution is 2.38. The van der Waals surface area contributed by atoms with Crippen molar-refractivity contribution < 1.29 is 0 Å². The number of aromatic nitrogens is 6. The lowest BCUT2D eigenvalue weighted by Crippen LogP contribution is -2.29. The van der Waals surface area contributed by atoms with Crippen molar-refractivity contribution in [1.82, 2.24) is 30.4 Å². The number of H-pyrrole nitrogens is 1. The summed E-state index contributed by atoms with van der Waals surface area (Å²) in [6, 6.07) is 17.9. The number of fused-ring (bicyclic) bond motifs is 2. The summed E-state index contributed by atoms with van der Waals surface area (Å²) in [7, 11) is 0. The first-order valence-corrected chi connectivity index (χ1v) is 10.1. The second kappa shape index (κ2) is 7.64. The lowest BCUT2D eigenvalue weighted by Gasteiger charge is -2.27. The van der Waals surface area contributed by atoms with Crippen LogP contribution in [0.2, 0.25) is 0 Å². The minimum atomic E-state index is -0.382. The van der Waals surface area contributed by atoms with E-state index in [1.807, 2.05) is 42.5 Å². The van der Waals surface area contributed by atoms with E-state index in [0.717, 1.165) is 16.7 Å². The molecular formula is C23H21N7O. The fourth-order valence-electron chi connectivity index (χ4n) is 3.80. The molecule has 0 unspecified atom stereocenters. The Morgan fingerprint density at radius 1 is 1.03 bits per heavy atom. The zero-order chi connectivity index (χ0) is 21.4. The molecule has 0 saturated heterocycles. The van der Waals surface area contributed by atoms with Gasteiger partial charge in [0.1, 0.15) is 11.7 Å². The van der Waals surface area contributed by atoms with Crippen LogP contribution in [0.15, 0.2) is 59.4 Å². The Morgan fingerprint density at radius 3 is 2.55 bits per heavy atom. The van der Waals surface area contributed by atoms with E-state index in [1.54, 1.807) is 4.68 Å². The van der Waals surface area contributed by atoms with Gasteiger partial charge in [0.25, 0.3) is 5.56 Å². The van der Waals surface area contributed by atoms with Crippen molar-refractivity contribution in [3.63, 3.8) is 0 Å². The number of tetrazole rings is 1. The highest BCUT2D eigenvalue weighted by Gasteiger charge is 2.33. The summed E-state index contributed by atoms with van der Waals surface area (Å²) >= 11 is 0. The minimum absolute atomic E-state index is 0.315. The van der Waals surface area contributed by atoms with Gasteiger partial charge in [-0.1, -0.05) is 79.6 Å². The lowest BCUT2D eigenvalue weighted by atomic mass is 9.92. The highest BCUT2D eigenvalue weighted by atomic mass is 16.1.